The Hall–Kier alpha value is -4.44. The lowest BCUT2D eigenvalue weighted by Gasteiger charge is -2.25. The number of carbonyl (C=O) groups excluding carboxylic acids is 1. The summed E-state index contributed by atoms with van der Waals surface area (Å²) in [6.45, 7) is 5.23. The molecule has 0 saturated heterocycles. The van der Waals surface area contributed by atoms with Gasteiger partial charge in [0.2, 0.25) is 0 Å². The number of aromatic nitrogens is 1. The van der Waals surface area contributed by atoms with Crippen molar-refractivity contribution in [3.8, 4) is 27.4 Å². The molecule has 0 bridgehead atoms. The molecule has 0 saturated carbocycles. The number of rotatable bonds is 14. The van der Waals surface area contributed by atoms with Gasteiger partial charge in [-0.1, -0.05) is 43.3 Å². The number of hydrogen-bond donors (Lipinski definition) is 3. The summed E-state index contributed by atoms with van der Waals surface area (Å²) in [7, 11) is 0. The SMILES string of the molecule is CCOc1ccc(-c2cc(C(=O)N[C@@H](Cc3cc(F)cc(F)c3)[C@H](O)CNCc3cccc(CC)c3)cc(-c3nccs3)c2)cc1. The third kappa shape index (κ3) is 8.84. The number of benzene rings is 4. The van der Waals surface area contributed by atoms with Crippen LogP contribution in [0.4, 0.5) is 8.78 Å². The quantitative estimate of drug-likeness (QED) is 0.119. The van der Waals surface area contributed by atoms with E-state index in [1.807, 2.05) is 54.8 Å². The van der Waals surface area contributed by atoms with Crippen LogP contribution in [0.25, 0.3) is 21.7 Å². The van der Waals surface area contributed by atoms with Crippen LogP contribution in [-0.4, -0.2) is 41.3 Å². The second-order valence-corrected chi connectivity index (χ2v) is 11.9. The van der Waals surface area contributed by atoms with Crippen LogP contribution in [0.5, 0.6) is 5.75 Å². The maximum absolute atomic E-state index is 14.1. The molecule has 9 heteroatoms. The molecule has 0 aliphatic carbocycles. The second-order valence-electron chi connectivity index (χ2n) is 11.0. The van der Waals surface area contributed by atoms with Crippen molar-refractivity contribution in [1.29, 1.82) is 0 Å². The van der Waals surface area contributed by atoms with Crippen molar-refractivity contribution in [2.45, 2.75) is 45.4 Å². The molecule has 0 aliphatic rings. The smallest absolute Gasteiger partial charge is 0.251 e. The zero-order chi connectivity index (χ0) is 32.5. The van der Waals surface area contributed by atoms with Crippen LogP contribution in [0.15, 0.2) is 96.5 Å². The molecule has 0 aliphatic heterocycles. The number of ether oxygens (including phenoxy) is 1. The molecule has 6 nitrogen and oxygen atoms in total. The van der Waals surface area contributed by atoms with Crippen molar-refractivity contribution in [3.63, 3.8) is 0 Å². The highest BCUT2D eigenvalue weighted by molar-refractivity contribution is 7.13. The molecule has 238 valence electrons. The summed E-state index contributed by atoms with van der Waals surface area (Å²) in [6.07, 6.45) is 1.59. The van der Waals surface area contributed by atoms with Crippen molar-refractivity contribution in [2.75, 3.05) is 13.2 Å². The van der Waals surface area contributed by atoms with E-state index in [1.165, 1.54) is 29.0 Å². The Morgan fingerprint density at radius 1 is 0.891 bits per heavy atom. The number of nitrogens with one attached hydrogen (secondary N) is 2. The minimum Gasteiger partial charge on any atom is -0.494 e. The van der Waals surface area contributed by atoms with Crippen LogP contribution in [0.3, 0.4) is 0 Å². The molecule has 0 unspecified atom stereocenters. The summed E-state index contributed by atoms with van der Waals surface area (Å²) in [6, 6.07) is 23.7. The zero-order valence-corrected chi connectivity index (χ0v) is 26.6. The first-order chi connectivity index (χ1) is 22.3. The summed E-state index contributed by atoms with van der Waals surface area (Å²) in [5.74, 6) is -1.13. The molecule has 4 aromatic carbocycles. The molecule has 5 aromatic rings. The van der Waals surface area contributed by atoms with E-state index in [1.54, 1.807) is 18.3 Å². The van der Waals surface area contributed by atoms with E-state index in [4.69, 9.17) is 4.74 Å². The van der Waals surface area contributed by atoms with E-state index in [9.17, 15) is 18.7 Å². The fourth-order valence-electron chi connectivity index (χ4n) is 5.31. The molecule has 1 aromatic heterocycles. The Bertz CT molecular complexity index is 1730. The number of aryl methyl sites for hydroxylation is 1. The fourth-order valence-corrected chi connectivity index (χ4v) is 5.94. The number of thiazole rings is 1. The molecular weight excluding hydrogens is 604 g/mol. The molecule has 5 rings (SSSR count). The molecule has 1 amide bonds. The number of hydrogen-bond acceptors (Lipinski definition) is 6. The maximum Gasteiger partial charge on any atom is 0.251 e. The van der Waals surface area contributed by atoms with Gasteiger partial charge in [0.15, 0.2) is 0 Å². The van der Waals surface area contributed by atoms with E-state index in [-0.39, 0.29) is 13.0 Å². The van der Waals surface area contributed by atoms with Crippen molar-refractivity contribution >= 4 is 17.2 Å². The van der Waals surface area contributed by atoms with Gasteiger partial charge in [-0.05, 0) is 90.0 Å². The number of nitrogens with zero attached hydrogens (tertiary/aromatic N) is 1. The lowest BCUT2D eigenvalue weighted by Crippen LogP contribution is -2.48. The number of aliphatic hydroxyl groups is 1. The predicted molar refractivity (Wildman–Crippen MR) is 179 cm³/mol. The average Bonchev–Trinajstić information content (AvgIpc) is 3.60. The molecule has 1 heterocycles. The lowest BCUT2D eigenvalue weighted by atomic mass is 9.97. The third-order valence-corrected chi connectivity index (χ3v) is 8.44. The first-order valence-electron chi connectivity index (χ1n) is 15.3. The predicted octanol–water partition coefficient (Wildman–Crippen LogP) is 7.21. The van der Waals surface area contributed by atoms with Crippen molar-refractivity contribution in [2.24, 2.45) is 0 Å². The average molecular weight is 642 g/mol. The first kappa shape index (κ1) is 32.9. The van der Waals surface area contributed by atoms with Crippen molar-refractivity contribution in [1.82, 2.24) is 15.6 Å². The van der Waals surface area contributed by atoms with Crippen LogP contribution in [0.2, 0.25) is 0 Å². The summed E-state index contributed by atoms with van der Waals surface area (Å²) in [4.78, 5) is 18.3. The fraction of sp³-hybridized carbons (Fsp3) is 0.243. The van der Waals surface area contributed by atoms with Crippen LogP contribution in [-0.2, 0) is 19.4 Å². The Balaban J connectivity index is 1.40. The van der Waals surface area contributed by atoms with Gasteiger partial charge in [-0.2, -0.15) is 0 Å². The molecule has 0 spiro atoms. The van der Waals surface area contributed by atoms with Crippen molar-refractivity contribution in [3.05, 3.63) is 130 Å². The van der Waals surface area contributed by atoms with Gasteiger partial charge < -0.3 is 20.5 Å². The minimum absolute atomic E-state index is 0.0203. The Morgan fingerprint density at radius 3 is 2.33 bits per heavy atom. The van der Waals surface area contributed by atoms with Gasteiger partial charge in [0, 0.05) is 41.9 Å². The van der Waals surface area contributed by atoms with E-state index >= 15 is 0 Å². The van der Waals surface area contributed by atoms with Gasteiger partial charge in [0.05, 0.1) is 18.8 Å². The normalized spacial score (nSPS) is 12.5. The number of halogens is 2. The van der Waals surface area contributed by atoms with E-state index in [0.717, 1.165) is 45.5 Å². The Labute approximate surface area is 272 Å². The number of carbonyl (C=O) groups is 1. The van der Waals surface area contributed by atoms with Crippen molar-refractivity contribution < 1.29 is 23.4 Å². The third-order valence-electron chi connectivity index (χ3n) is 7.61. The van der Waals surface area contributed by atoms with E-state index < -0.39 is 29.7 Å². The highest BCUT2D eigenvalue weighted by Crippen LogP contribution is 2.31. The summed E-state index contributed by atoms with van der Waals surface area (Å²) in [5, 5.41) is 20.1. The van der Waals surface area contributed by atoms with Gasteiger partial charge in [-0.15, -0.1) is 11.3 Å². The zero-order valence-electron chi connectivity index (χ0n) is 25.8. The first-order valence-corrected chi connectivity index (χ1v) is 16.2. The van der Waals surface area contributed by atoms with Gasteiger partial charge in [0.1, 0.15) is 22.4 Å². The maximum atomic E-state index is 14.1. The van der Waals surface area contributed by atoms with E-state index in [0.29, 0.717) is 24.3 Å². The van der Waals surface area contributed by atoms with Gasteiger partial charge >= 0.3 is 0 Å². The molecule has 0 fully saturated rings. The Kier molecular flexibility index (Phi) is 11.3. The van der Waals surface area contributed by atoms with Gasteiger partial charge in [-0.3, -0.25) is 4.79 Å². The van der Waals surface area contributed by atoms with Crippen LogP contribution in [0.1, 0.15) is 40.9 Å². The van der Waals surface area contributed by atoms with Crippen LogP contribution < -0.4 is 15.4 Å². The second kappa shape index (κ2) is 15.7. The summed E-state index contributed by atoms with van der Waals surface area (Å²) < 4.78 is 33.8. The lowest BCUT2D eigenvalue weighted by molar-refractivity contribution is 0.0830. The summed E-state index contributed by atoms with van der Waals surface area (Å²) >= 11 is 1.46. The molecular formula is C37H37F2N3O3S. The number of amides is 1. The molecule has 0 radical (unpaired) electrons. The highest BCUT2D eigenvalue weighted by atomic mass is 32.1. The molecule has 2 atom stereocenters. The standard InChI is InChI=1S/C37H37F2N3O3S/c1-3-24-6-5-7-25(14-24)22-40-23-35(43)34(17-26-15-31(38)21-32(39)16-26)42-36(44)29-18-28(19-30(20-29)37-41-12-13-46-37)27-8-10-33(11-9-27)45-4-2/h5-16,18-21,34-35,40,43H,3-4,17,22-23H2,1-2H3,(H,42,44)/t34-,35+/m0/s1. The van der Waals surface area contributed by atoms with Gasteiger partial charge in [-0.25, -0.2) is 13.8 Å². The topological polar surface area (TPSA) is 83.5 Å². The summed E-state index contributed by atoms with van der Waals surface area (Å²) in [5.41, 5.74) is 5.43. The van der Waals surface area contributed by atoms with Crippen LogP contribution >= 0.6 is 11.3 Å². The highest BCUT2D eigenvalue weighted by Gasteiger charge is 2.24. The number of aliphatic hydroxyl groups excluding tert-OH is 1. The minimum atomic E-state index is -1.06. The monoisotopic (exact) mass is 641 g/mol. The Morgan fingerprint density at radius 2 is 1.63 bits per heavy atom. The van der Waals surface area contributed by atoms with Crippen LogP contribution in [0, 0.1) is 11.6 Å². The molecule has 46 heavy (non-hydrogen) atoms. The van der Waals surface area contributed by atoms with E-state index in [2.05, 4.69) is 34.7 Å². The largest absolute Gasteiger partial charge is 0.494 e. The van der Waals surface area contributed by atoms with Gasteiger partial charge in [0.25, 0.3) is 5.91 Å². The molecule has 3 N–H and O–H groups in total.